The van der Waals surface area contributed by atoms with Crippen LogP contribution in [0.5, 0.6) is 0 Å². The van der Waals surface area contributed by atoms with E-state index >= 15 is 0 Å². The number of rotatable bonds is 15. The largest absolute Gasteiger partial charge is 0.457 e. The molecule has 17 heteroatoms. The molecule has 3 N–H and O–H groups in total. The van der Waals surface area contributed by atoms with Gasteiger partial charge in [-0.1, -0.05) is 45.9 Å². The van der Waals surface area contributed by atoms with Crippen molar-refractivity contribution in [1.82, 2.24) is 0 Å². The van der Waals surface area contributed by atoms with Crippen molar-refractivity contribution in [1.29, 1.82) is 0 Å². The molecule has 71 heavy (non-hydrogen) atoms. The molecule has 23 atom stereocenters. The van der Waals surface area contributed by atoms with Crippen molar-refractivity contribution in [3.05, 3.63) is 35.9 Å². The zero-order valence-corrected chi connectivity index (χ0v) is 43.6. The number of aliphatic hydroxyl groups excluding tert-OH is 2. The summed E-state index contributed by atoms with van der Waals surface area (Å²) >= 11 is 0. The predicted molar refractivity (Wildman–Crippen MR) is 254 cm³/mol. The third-order valence-electron chi connectivity index (χ3n) is 18.2. The van der Waals surface area contributed by atoms with E-state index in [0.717, 1.165) is 32.1 Å². The second-order valence-electron chi connectivity index (χ2n) is 22.8. The Labute approximate surface area is 419 Å². The molecule has 7 fully saturated rings. The number of benzene rings is 1. The van der Waals surface area contributed by atoms with Crippen LogP contribution < -0.4 is 0 Å². The first-order chi connectivity index (χ1) is 33.7. The number of Topliss-reactive ketones (excluding diaryl/α,β-unsaturated/α-hetero) is 1. The second kappa shape index (κ2) is 21.9. The van der Waals surface area contributed by atoms with E-state index in [4.69, 9.17) is 52.1 Å². The van der Waals surface area contributed by atoms with Gasteiger partial charge in [-0.25, -0.2) is 4.79 Å². The van der Waals surface area contributed by atoms with Gasteiger partial charge in [0, 0.05) is 46.0 Å². The van der Waals surface area contributed by atoms with Crippen LogP contribution in [-0.4, -0.2) is 158 Å². The standard InChI is InChI=1S/C54H82O17/c1-27(2)23-39(56)68-47-42(28(3)55)53(8)22-20-35-36(54(53,60)49(47)71-50(59)32-15-13-12-14-16-32)18-17-33-24-34(19-21-52(33,35)7)67-40-25-37(61-9)45(30(5)64-40)69-41-26-38(62-10)46(31(6)65-41)70-51-44(58)48(63-11)43(57)29(4)66-51/h12-16,27,29-31,33-38,40-49,51,57-58,60H,17-26H2,1-11H3/t29?,30?,31?,33?,34-,35?,36+,37+,38+,40-,41-,42-,43+,44?,45+,46+,47-,48-,49+,51-,52-,53+,54+/m0/s1. The number of ether oxygens (including phenoxy) is 11. The van der Waals surface area contributed by atoms with Gasteiger partial charge in [0.2, 0.25) is 0 Å². The van der Waals surface area contributed by atoms with Crippen molar-refractivity contribution in [3.8, 4) is 0 Å². The molecule has 0 radical (unpaired) electrons. The highest BCUT2D eigenvalue weighted by atomic mass is 16.8. The Morgan fingerprint density at radius 2 is 1.34 bits per heavy atom. The van der Waals surface area contributed by atoms with E-state index in [0.29, 0.717) is 31.2 Å². The van der Waals surface area contributed by atoms with E-state index in [1.807, 2.05) is 40.7 Å². The first kappa shape index (κ1) is 54.6. The van der Waals surface area contributed by atoms with Gasteiger partial charge in [0.15, 0.2) is 31.1 Å². The monoisotopic (exact) mass is 1000 g/mol. The average molecular weight is 1000 g/mol. The minimum atomic E-state index is -1.65. The van der Waals surface area contributed by atoms with Crippen molar-refractivity contribution < 1.29 is 81.8 Å². The van der Waals surface area contributed by atoms with E-state index < -0.39 is 115 Å². The molecule has 6 unspecified atom stereocenters. The summed E-state index contributed by atoms with van der Waals surface area (Å²) < 4.78 is 68.4. The van der Waals surface area contributed by atoms with E-state index in [-0.39, 0.29) is 53.5 Å². The number of hydrogen-bond acceptors (Lipinski definition) is 17. The summed E-state index contributed by atoms with van der Waals surface area (Å²) in [5.74, 6) is -2.15. The number of esters is 2. The highest BCUT2D eigenvalue weighted by Crippen LogP contribution is 2.70. The van der Waals surface area contributed by atoms with Crippen molar-refractivity contribution >= 4 is 17.7 Å². The molecule has 1 aromatic carbocycles. The normalized spacial score (nSPS) is 46.6. The molecule has 17 nitrogen and oxygen atoms in total. The van der Waals surface area contributed by atoms with Crippen molar-refractivity contribution in [2.75, 3.05) is 21.3 Å². The molecule has 3 heterocycles. The minimum absolute atomic E-state index is 0.00489. The van der Waals surface area contributed by atoms with Gasteiger partial charge in [-0.2, -0.15) is 0 Å². The fourth-order valence-corrected chi connectivity index (χ4v) is 14.6. The van der Waals surface area contributed by atoms with Crippen LogP contribution in [0.1, 0.15) is 130 Å². The van der Waals surface area contributed by atoms with Crippen LogP contribution >= 0.6 is 0 Å². The van der Waals surface area contributed by atoms with Gasteiger partial charge in [0.25, 0.3) is 0 Å². The molecule has 400 valence electrons. The number of hydrogen-bond donors (Lipinski definition) is 3. The summed E-state index contributed by atoms with van der Waals surface area (Å²) in [7, 11) is 4.67. The fourth-order valence-electron chi connectivity index (χ4n) is 14.6. The lowest BCUT2D eigenvalue weighted by atomic mass is 9.43. The Hall–Kier alpha value is -2.65. The van der Waals surface area contributed by atoms with Crippen molar-refractivity contribution in [2.45, 2.75) is 223 Å². The number of fused-ring (bicyclic) bond motifs is 5. The summed E-state index contributed by atoms with van der Waals surface area (Å²) in [6.07, 6.45) is -5.34. The molecule has 4 aliphatic carbocycles. The number of methoxy groups -OCH3 is 3. The van der Waals surface area contributed by atoms with E-state index in [1.54, 1.807) is 45.4 Å². The molecule has 7 aliphatic rings. The van der Waals surface area contributed by atoms with E-state index in [1.165, 1.54) is 14.0 Å². The van der Waals surface area contributed by atoms with Gasteiger partial charge >= 0.3 is 11.9 Å². The molecule has 0 amide bonds. The van der Waals surface area contributed by atoms with Gasteiger partial charge in [0.1, 0.15) is 41.9 Å². The molecular formula is C54H82O17. The Kier molecular flexibility index (Phi) is 16.8. The van der Waals surface area contributed by atoms with Crippen LogP contribution in [0.2, 0.25) is 0 Å². The lowest BCUT2D eigenvalue weighted by Crippen LogP contribution is -2.66. The fraction of sp³-hybridized carbons (Fsp3) is 0.833. The van der Waals surface area contributed by atoms with Gasteiger partial charge in [0.05, 0.1) is 48.1 Å². The molecule has 3 aliphatic heterocycles. The molecule has 0 spiro atoms. The summed E-state index contributed by atoms with van der Waals surface area (Å²) in [6, 6.07) is 8.62. The van der Waals surface area contributed by atoms with Crippen LogP contribution in [-0.2, 0) is 61.7 Å². The van der Waals surface area contributed by atoms with Gasteiger partial charge < -0.3 is 67.4 Å². The Balaban J connectivity index is 0.917. The summed E-state index contributed by atoms with van der Waals surface area (Å²) in [5.41, 5.74) is -2.53. The van der Waals surface area contributed by atoms with Crippen LogP contribution in [0.4, 0.5) is 0 Å². The van der Waals surface area contributed by atoms with Crippen LogP contribution in [0, 0.1) is 40.4 Å². The van der Waals surface area contributed by atoms with Crippen LogP contribution in [0.25, 0.3) is 0 Å². The maximum atomic E-state index is 13.9. The SMILES string of the molecule is CO[C@@H]1C(O)[C@H](O[C@@H]2C(C)O[C@@H](O[C@@H]3C(C)O[C@@H](O[C@H]4CC[C@@]5(C)C(CC[C@@H]6C5CC[C@]5(C)[C@@H](C(C)=O)[C@H](OC(=O)CC(C)C)[C@@H](OC(=O)c7ccccc7)[C@]65O)C4)C[C@H]3OC)C[C@H]2OC)OC(C)[C@H]1O. The molecule has 3 saturated heterocycles. The first-order valence-corrected chi connectivity index (χ1v) is 26.2. The Bertz CT molecular complexity index is 1990. The highest BCUT2D eigenvalue weighted by Gasteiger charge is 2.77. The summed E-state index contributed by atoms with van der Waals surface area (Å²) in [5, 5.41) is 35.0. The number of ketones is 1. The maximum absolute atomic E-state index is 13.9. The predicted octanol–water partition coefficient (Wildman–Crippen LogP) is 5.69. The number of aliphatic hydroxyl groups is 3. The molecule has 4 saturated carbocycles. The molecule has 8 rings (SSSR count). The lowest BCUT2D eigenvalue weighted by Gasteiger charge is -2.63. The molecule has 1 aromatic rings. The zero-order chi connectivity index (χ0) is 51.3. The smallest absolute Gasteiger partial charge is 0.338 e. The molecular weight excluding hydrogens is 921 g/mol. The maximum Gasteiger partial charge on any atom is 0.338 e. The molecule has 0 aromatic heterocycles. The van der Waals surface area contributed by atoms with Crippen molar-refractivity contribution in [2.24, 2.45) is 40.4 Å². The molecule has 0 bridgehead atoms. The average Bonchev–Trinajstić information content (AvgIpc) is 3.51. The van der Waals surface area contributed by atoms with Gasteiger partial charge in [-0.05, 0) is 114 Å². The van der Waals surface area contributed by atoms with Crippen LogP contribution in [0.15, 0.2) is 30.3 Å². The lowest BCUT2D eigenvalue weighted by molar-refractivity contribution is -0.352. The first-order valence-electron chi connectivity index (χ1n) is 26.2. The summed E-state index contributed by atoms with van der Waals surface area (Å²) in [4.78, 5) is 41.2. The van der Waals surface area contributed by atoms with Crippen molar-refractivity contribution in [3.63, 3.8) is 0 Å². The Morgan fingerprint density at radius 1 is 0.704 bits per heavy atom. The van der Waals surface area contributed by atoms with Gasteiger partial charge in [-0.3, -0.25) is 9.59 Å². The topological polar surface area (TPSA) is 213 Å². The second-order valence-corrected chi connectivity index (χ2v) is 22.8. The minimum Gasteiger partial charge on any atom is -0.457 e. The van der Waals surface area contributed by atoms with E-state index in [9.17, 15) is 29.7 Å². The third kappa shape index (κ3) is 10.3. The Morgan fingerprint density at radius 3 is 1.94 bits per heavy atom. The van der Waals surface area contributed by atoms with E-state index in [2.05, 4.69) is 6.92 Å². The summed E-state index contributed by atoms with van der Waals surface area (Å²) in [6.45, 7) is 15.1. The number of carbonyl (C=O) groups is 3. The van der Waals surface area contributed by atoms with Crippen LogP contribution in [0.3, 0.4) is 0 Å². The highest BCUT2D eigenvalue weighted by molar-refractivity contribution is 5.90. The quantitative estimate of drug-likeness (QED) is 0.142. The number of carbonyl (C=O) groups excluding carboxylic acids is 3. The zero-order valence-electron chi connectivity index (χ0n) is 43.6. The van der Waals surface area contributed by atoms with Gasteiger partial charge in [-0.15, -0.1) is 0 Å². The third-order valence-corrected chi connectivity index (χ3v) is 18.2.